The van der Waals surface area contributed by atoms with Crippen LogP contribution in [-0.2, 0) is 9.47 Å². The molecule has 0 aromatic heterocycles. The third kappa shape index (κ3) is 8.83. The third-order valence-electron chi connectivity index (χ3n) is 2.68. The maximum Gasteiger partial charge on any atom is 0.410 e. The maximum absolute atomic E-state index is 11.9. The van der Waals surface area contributed by atoms with Gasteiger partial charge in [-0.05, 0) is 40.0 Å². The van der Waals surface area contributed by atoms with Gasteiger partial charge in [0.15, 0.2) is 0 Å². The number of rotatable bonds is 8. The van der Waals surface area contributed by atoms with Gasteiger partial charge in [0.2, 0.25) is 0 Å². The summed E-state index contributed by atoms with van der Waals surface area (Å²) >= 11 is 0. The minimum Gasteiger partial charge on any atom is -0.444 e. The molecule has 0 rings (SSSR count). The Bertz CT molecular complexity index is 252. The number of carbonyl (C=O) groups excluding carboxylic acids is 1. The van der Waals surface area contributed by atoms with E-state index in [-0.39, 0.29) is 12.1 Å². The normalized spacial score (nSPS) is 13.2. The van der Waals surface area contributed by atoms with E-state index in [1.165, 1.54) is 0 Å². The van der Waals surface area contributed by atoms with Crippen molar-refractivity contribution >= 4 is 6.09 Å². The van der Waals surface area contributed by atoms with E-state index in [2.05, 4.69) is 6.92 Å². The first-order valence-electron chi connectivity index (χ1n) is 7.05. The largest absolute Gasteiger partial charge is 0.444 e. The molecule has 0 fully saturated rings. The average Bonchev–Trinajstić information content (AvgIpc) is 2.31. The number of carbonyl (C=O) groups is 1. The summed E-state index contributed by atoms with van der Waals surface area (Å²) in [6.45, 7) is 9.59. The molecule has 0 aliphatic carbocycles. The quantitative estimate of drug-likeness (QED) is 0.690. The molecule has 0 aliphatic heterocycles. The van der Waals surface area contributed by atoms with E-state index in [9.17, 15) is 4.79 Å². The summed E-state index contributed by atoms with van der Waals surface area (Å²) in [5, 5.41) is 0. The summed E-state index contributed by atoms with van der Waals surface area (Å²) in [7, 11) is 1.73. The zero-order valence-electron chi connectivity index (χ0n) is 13.1. The van der Waals surface area contributed by atoms with Crippen molar-refractivity contribution in [1.29, 1.82) is 0 Å². The summed E-state index contributed by atoms with van der Waals surface area (Å²) < 4.78 is 10.8. The molecule has 1 amide bonds. The monoisotopic (exact) mass is 274 g/mol. The van der Waals surface area contributed by atoms with Gasteiger partial charge < -0.3 is 20.1 Å². The fourth-order valence-corrected chi connectivity index (χ4v) is 1.62. The number of hydrogen-bond acceptors (Lipinski definition) is 4. The van der Waals surface area contributed by atoms with Crippen LogP contribution in [0.1, 0.15) is 47.0 Å². The van der Waals surface area contributed by atoms with Gasteiger partial charge in [0.1, 0.15) is 5.60 Å². The van der Waals surface area contributed by atoms with Gasteiger partial charge in [0.05, 0.1) is 0 Å². The minimum absolute atomic E-state index is 0.0000709. The predicted octanol–water partition coefficient (Wildman–Crippen LogP) is 2.39. The molecule has 1 unspecified atom stereocenters. The van der Waals surface area contributed by atoms with Crippen molar-refractivity contribution in [2.75, 3.05) is 26.8 Å². The van der Waals surface area contributed by atoms with Crippen LogP contribution < -0.4 is 5.73 Å². The number of likely N-dealkylation sites (N-methyl/N-ethyl adjacent to an activating group) is 1. The fourth-order valence-electron chi connectivity index (χ4n) is 1.62. The van der Waals surface area contributed by atoms with E-state index in [1.54, 1.807) is 11.9 Å². The lowest BCUT2D eigenvalue weighted by atomic mass is 10.1. The maximum atomic E-state index is 11.9. The molecule has 0 spiro atoms. The van der Waals surface area contributed by atoms with Crippen LogP contribution in [-0.4, -0.2) is 49.4 Å². The Balaban J connectivity index is 4.09. The predicted molar refractivity (Wildman–Crippen MR) is 77.2 cm³/mol. The molecule has 19 heavy (non-hydrogen) atoms. The van der Waals surface area contributed by atoms with Crippen molar-refractivity contribution in [3.63, 3.8) is 0 Å². The average molecular weight is 274 g/mol. The number of hydrogen-bond donors (Lipinski definition) is 1. The molecule has 0 aromatic carbocycles. The zero-order chi connectivity index (χ0) is 14.9. The fraction of sp³-hybridized carbons (Fsp3) is 0.929. The molecule has 0 saturated heterocycles. The first kappa shape index (κ1) is 18.2. The van der Waals surface area contributed by atoms with Crippen LogP contribution in [0, 0.1) is 0 Å². The van der Waals surface area contributed by atoms with E-state index >= 15 is 0 Å². The van der Waals surface area contributed by atoms with Crippen LogP contribution in [0.3, 0.4) is 0 Å². The van der Waals surface area contributed by atoms with E-state index in [4.69, 9.17) is 15.2 Å². The Morgan fingerprint density at radius 1 is 1.32 bits per heavy atom. The summed E-state index contributed by atoms with van der Waals surface area (Å²) in [4.78, 5) is 13.5. The van der Waals surface area contributed by atoms with Gasteiger partial charge in [-0.3, -0.25) is 0 Å². The third-order valence-corrected chi connectivity index (χ3v) is 2.68. The van der Waals surface area contributed by atoms with Crippen molar-refractivity contribution in [3.05, 3.63) is 0 Å². The van der Waals surface area contributed by atoms with Crippen molar-refractivity contribution in [2.45, 2.75) is 58.6 Å². The molecule has 0 bridgehead atoms. The minimum atomic E-state index is -0.477. The number of nitrogens with two attached hydrogens (primary N) is 1. The van der Waals surface area contributed by atoms with Crippen molar-refractivity contribution in [3.8, 4) is 0 Å². The molecule has 1 atom stereocenters. The zero-order valence-corrected chi connectivity index (χ0v) is 13.1. The molecular weight excluding hydrogens is 244 g/mol. The molecule has 0 aliphatic rings. The number of ether oxygens (including phenoxy) is 2. The lowest BCUT2D eigenvalue weighted by Crippen LogP contribution is -2.44. The van der Waals surface area contributed by atoms with Crippen molar-refractivity contribution in [1.82, 2.24) is 4.90 Å². The highest BCUT2D eigenvalue weighted by Crippen LogP contribution is 2.12. The van der Waals surface area contributed by atoms with Gasteiger partial charge in [-0.25, -0.2) is 4.79 Å². The summed E-state index contributed by atoms with van der Waals surface area (Å²) in [6.07, 6.45) is 2.43. The lowest BCUT2D eigenvalue weighted by molar-refractivity contribution is 0.0210. The number of nitrogens with zero attached hydrogens (tertiary/aromatic N) is 1. The van der Waals surface area contributed by atoms with Gasteiger partial charge >= 0.3 is 6.09 Å². The van der Waals surface area contributed by atoms with Gasteiger partial charge in [0, 0.05) is 32.8 Å². The molecule has 5 nitrogen and oxygen atoms in total. The molecular formula is C14H30N2O3. The van der Waals surface area contributed by atoms with Crippen LogP contribution in [0.2, 0.25) is 0 Å². The second-order valence-electron chi connectivity index (χ2n) is 5.74. The molecule has 5 heteroatoms. The Kier molecular flexibility index (Phi) is 8.76. The molecule has 0 aromatic rings. The first-order chi connectivity index (χ1) is 8.81. The van der Waals surface area contributed by atoms with Crippen LogP contribution in [0.15, 0.2) is 0 Å². The van der Waals surface area contributed by atoms with Gasteiger partial charge in [-0.1, -0.05) is 6.92 Å². The smallest absolute Gasteiger partial charge is 0.410 e. The topological polar surface area (TPSA) is 64.8 Å². The molecule has 2 N–H and O–H groups in total. The van der Waals surface area contributed by atoms with Gasteiger partial charge in [-0.2, -0.15) is 0 Å². The Morgan fingerprint density at radius 2 is 1.95 bits per heavy atom. The number of amides is 1. The lowest BCUT2D eigenvalue weighted by Gasteiger charge is -2.30. The van der Waals surface area contributed by atoms with E-state index < -0.39 is 5.60 Å². The SMILES string of the molecule is CCCOCCCC(CN)N(C)C(=O)OC(C)(C)C. The van der Waals surface area contributed by atoms with Crippen molar-refractivity contribution < 1.29 is 14.3 Å². The Labute approximate surface area is 117 Å². The van der Waals surface area contributed by atoms with Gasteiger partial charge in [-0.15, -0.1) is 0 Å². The highest BCUT2D eigenvalue weighted by atomic mass is 16.6. The van der Waals surface area contributed by atoms with Gasteiger partial charge in [0.25, 0.3) is 0 Å². The highest BCUT2D eigenvalue weighted by Gasteiger charge is 2.24. The molecule has 0 saturated carbocycles. The van der Waals surface area contributed by atoms with E-state index in [1.807, 2.05) is 20.8 Å². The molecule has 114 valence electrons. The molecule has 0 heterocycles. The van der Waals surface area contributed by atoms with Crippen LogP contribution in [0.4, 0.5) is 4.79 Å². The van der Waals surface area contributed by atoms with E-state index in [0.717, 1.165) is 25.9 Å². The second kappa shape index (κ2) is 9.15. The second-order valence-corrected chi connectivity index (χ2v) is 5.74. The summed E-state index contributed by atoms with van der Waals surface area (Å²) in [5.74, 6) is 0. The summed E-state index contributed by atoms with van der Waals surface area (Å²) in [6, 6.07) is 0.0000709. The van der Waals surface area contributed by atoms with Crippen LogP contribution in [0.5, 0.6) is 0 Å². The summed E-state index contributed by atoms with van der Waals surface area (Å²) in [5.41, 5.74) is 5.25. The highest BCUT2D eigenvalue weighted by molar-refractivity contribution is 5.68. The van der Waals surface area contributed by atoms with Crippen LogP contribution >= 0.6 is 0 Å². The van der Waals surface area contributed by atoms with Crippen molar-refractivity contribution in [2.24, 2.45) is 5.73 Å². The van der Waals surface area contributed by atoms with E-state index in [0.29, 0.717) is 13.2 Å². The molecule has 0 radical (unpaired) electrons. The Hall–Kier alpha value is -0.810. The standard InChI is InChI=1S/C14H30N2O3/c1-6-9-18-10-7-8-12(11-15)16(5)13(17)19-14(2,3)4/h12H,6-11,15H2,1-5H3. The Morgan fingerprint density at radius 3 is 2.42 bits per heavy atom. The first-order valence-corrected chi connectivity index (χ1v) is 7.05. The van der Waals surface area contributed by atoms with Crippen LogP contribution in [0.25, 0.3) is 0 Å².